The molecule has 1 amide bonds. The molecule has 1 atom stereocenters. The molecular weight excluding hydrogens is 443 g/mol. The maximum absolute atomic E-state index is 12.4. The average Bonchev–Trinajstić information content (AvgIpc) is 2.82. The van der Waals surface area contributed by atoms with Gasteiger partial charge < -0.3 is 14.2 Å². The molecule has 0 N–H and O–H groups in total. The summed E-state index contributed by atoms with van der Waals surface area (Å²) in [5.74, 6) is 0. The Morgan fingerprint density at radius 2 is 2.17 bits per heavy atom. The Morgan fingerprint density at radius 3 is 2.88 bits per heavy atom. The number of halogens is 2. The Hall–Kier alpha value is -1.09. The van der Waals surface area contributed by atoms with E-state index in [-0.39, 0.29) is 12.1 Å². The van der Waals surface area contributed by atoms with Crippen molar-refractivity contribution < 1.29 is 9.53 Å². The van der Waals surface area contributed by atoms with Crippen LogP contribution in [0.3, 0.4) is 0 Å². The number of hydrogen-bond acceptors (Lipinski definition) is 4. The van der Waals surface area contributed by atoms with Crippen molar-refractivity contribution in [3.8, 4) is 0 Å². The highest BCUT2D eigenvalue weighted by molar-refractivity contribution is 14.1. The van der Waals surface area contributed by atoms with Crippen LogP contribution < -0.4 is 0 Å². The molecule has 130 valence electrons. The van der Waals surface area contributed by atoms with Crippen molar-refractivity contribution in [3.63, 3.8) is 0 Å². The first-order valence-corrected chi connectivity index (χ1v) is 9.37. The predicted molar refractivity (Wildman–Crippen MR) is 101 cm³/mol. The summed E-state index contributed by atoms with van der Waals surface area (Å²) in [6.07, 6.45) is 3.72. The zero-order valence-corrected chi connectivity index (χ0v) is 16.8. The van der Waals surface area contributed by atoms with Crippen LogP contribution in [0.25, 0.3) is 11.0 Å². The van der Waals surface area contributed by atoms with E-state index in [0.717, 1.165) is 34.0 Å². The van der Waals surface area contributed by atoms with Crippen molar-refractivity contribution in [1.29, 1.82) is 0 Å². The number of ether oxygens (including phenoxy) is 1. The highest BCUT2D eigenvalue weighted by Crippen LogP contribution is 2.30. The molecule has 2 aromatic heterocycles. The standard InChI is InChI=1S/C16H20ClIN4O2/c1-16(2,3)24-15(23)21-6-4-5-10(8-21)22-9-12(18)11-7-13(17)19-20-14(11)22/h7,9-10H,4-6,8H2,1-3H3/t10-/m1/s1. The first-order chi connectivity index (χ1) is 11.2. The molecule has 1 fully saturated rings. The maximum atomic E-state index is 12.4. The van der Waals surface area contributed by atoms with Crippen LogP contribution in [0.2, 0.25) is 5.15 Å². The number of piperidine rings is 1. The van der Waals surface area contributed by atoms with Gasteiger partial charge >= 0.3 is 6.09 Å². The second kappa shape index (κ2) is 6.67. The molecule has 0 spiro atoms. The van der Waals surface area contributed by atoms with Gasteiger partial charge in [-0.25, -0.2) is 4.79 Å². The molecule has 0 bridgehead atoms. The van der Waals surface area contributed by atoms with Gasteiger partial charge in [-0.15, -0.1) is 10.2 Å². The third kappa shape index (κ3) is 3.77. The summed E-state index contributed by atoms with van der Waals surface area (Å²) in [7, 11) is 0. The fourth-order valence-electron chi connectivity index (χ4n) is 2.93. The summed E-state index contributed by atoms with van der Waals surface area (Å²) in [5, 5.41) is 9.59. The van der Waals surface area contributed by atoms with Gasteiger partial charge in [0, 0.05) is 28.2 Å². The van der Waals surface area contributed by atoms with Crippen LogP contribution in [0.15, 0.2) is 12.3 Å². The summed E-state index contributed by atoms with van der Waals surface area (Å²) < 4.78 is 8.69. The Morgan fingerprint density at radius 1 is 1.42 bits per heavy atom. The fraction of sp³-hybridized carbons (Fsp3) is 0.562. The number of rotatable bonds is 1. The molecular formula is C16H20ClIN4O2. The number of nitrogens with zero attached hydrogens (tertiary/aromatic N) is 4. The van der Waals surface area contributed by atoms with E-state index in [9.17, 15) is 4.79 Å². The van der Waals surface area contributed by atoms with Gasteiger partial charge in [-0.1, -0.05) is 11.6 Å². The van der Waals surface area contributed by atoms with Gasteiger partial charge in [0.2, 0.25) is 0 Å². The van der Waals surface area contributed by atoms with Crippen LogP contribution >= 0.6 is 34.2 Å². The number of aromatic nitrogens is 3. The molecule has 3 heterocycles. The fourth-order valence-corrected chi connectivity index (χ4v) is 3.78. The Kier molecular flexibility index (Phi) is 4.92. The minimum Gasteiger partial charge on any atom is -0.444 e. The van der Waals surface area contributed by atoms with E-state index in [1.165, 1.54) is 0 Å². The van der Waals surface area contributed by atoms with Crippen LogP contribution in [0.4, 0.5) is 4.79 Å². The molecule has 3 rings (SSSR count). The summed E-state index contributed by atoms with van der Waals surface area (Å²) in [5.41, 5.74) is 0.321. The molecule has 0 aliphatic carbocycles. The highest BCUT2D eigenvalue weighted by atomic mass is 127. The largest absolute Gasteiger partial charge is 0.444 e. The summed E-state index contributed by atoms with van der Waals surface area (Å²) >= 11 is 8.23. The first kappa shape index (κ1) is 17.7. The minimum atomic E-state index is -0.484. The van der Waals surface area contributed by atoms with E-state index in [1.54, 1.807) is 4.90 Å². The van der Waals surface area contributed by atoms with E-state index in [1.807, 2.05) is 26.8 Å². The van der Waals surface area contributed by atoms with Gasteiger partial charge in [0.05, 0.1) is 6.04 Å². The Bertz CT molecular complexity index is 771. The molecule has 2 aromatic rings. The summed E-state index contributed by atoms with van der Waals surface area (Å²) in [6.45, 7) is 6.98. The number of carbonyl (C=O) groups excluding carboxylic acids is 1. The van der Waals surface area contributed by atoms with Crippen molar-refractivity contribution in [3.05, 3.63) is 21.0 Å². The zero-order valence-electron chi connectivity index (χ0n) is 13.9. The summed E-state index contributed by atoms with van der Waals surface area (Å²) in [4.78, 5) is 14.1. The van der Waals surface area contributed by atoms with Gasteiger partial charge in [0.15, 0.2) is 10.8 Å². The molecule has 0 saturated carbocycles. The molecule has 1 saturated heterocycles. The van der Waals surface area contributed by atoms with E-state index >= 15 is 0 Å². The Balaban J connectivity index is 1.84. The van der Waals surface area contributed by atoms with Gasteiger partial charge in [-0.2, -0.15) is 0 Å². The zero-order chi connectivity index (χ0) is 17.5. The van der Waals surface area contributed by atoms with Crippen LogP contribution in [-0.4, -0.2) is 44.4 Å². The number of fused-ring (bicyclic) bond motifs is 1. The van der Waals surface area contributed by atoms with Crippen molar-refractivity contribution in [2.45, 2.75) is 45.3 Å². The molecule has 0 aromatic carbocycles. The smallest absolute Gasteiger partial charge is 0.410 e. The predicted octanol–water partition coefficient (Wildman–Crippen LogP) is 4.26. The minimum absolute atomic E-state index is 0.160. The third-order valence-corrected chi connectivity index (χ3v) is 4.98. The molecule has 6 nitrogen and oxygen atoms in total. The van der Waals surface area contributed by atoms with Gasteiger partial charge in [0.25, 0.3) is 0 Å². The molecule has 24 heavy (non-hydrogen) atoms. The lowest BCUT2D eigenvalue weighted by Gasteiger charge is -2.34. The number of amides is 1. The average molecular weight is 463 g/mol. The van der Waals surface area contributed by atoms with Crippen molar-refractivity contribution in [2.75, 3.05) is 13.1 Å². The SMILES string of the molecule is CC(C)(C)OC(=O)N1CCC[C@@H](n2cc(I)c3cc(Cl)nnc32)C1. The van der Waals surface area contributed by atoms with E-state index < -0.39 is 5.60 Å². The third-order valence-electron chi connectivity index (χ3n) is 3.94. The van der Waals surface area contributed by atoms with Crippen LogP contribution in [-0.2, 0) is 4.74 Å². The normalized spacial score (nSPS) is 18.9. The Labute approximate surface area is 159 Å². The van der Waals surface area contributed by atoms with Gasteiger partial charge in [-0.3, -0.25) is 0 Å². The lowest BCUT2D eigenvalue weighted by molar-refractivity contribution is 0.0174. The lowest BCUT2D eigenvalue weighted by Crippen LogP contribution is -2.43. The van der Waals surface area contributed by atoms with Crippen molar-refractivity contribution >= 4 is 51.3 Å². The number of hydrogen-bond donors (Lipinski definition) is 0. The molecule has 8 heteroatoms. The molecule has 0 unspecified atom stereocenters. The van der Waals surface area contributed by atoms with E-state index in [2.05, 4.69) is 43.6 Å². The van der Waals surface area contributed by atoms with Crippen LogP contribution in [0.5, 0.6) is 0 Å². The highest BCUT2D eigenvalue weighted by Gasteiger charge is 2.29. The van der Waals surface area contributed by atoms with Crippen molar-refractivity contribution in [2.24, 2.45) is 0 Å². The number of carbonyl (C=O) groups is 1. The van der Waals surface area contributed by atoms with Gasteiger partial charge in [-0.05, 0) is 62.3 Å². The van der Waals surface area contributed by atoms with E-state index in [4.69, 9.17) is 16.3 Å². The number of likely N-dealkylation sites (tertiary alicyclic amines) is 1. The van der Waals surface area contributed by atoms with E-state index in [0.29, 0.717) is 11.7 Å². The molecule has 0 radical (unpaired) electrons. The summed E-state index contributed by atoms with van der Waals surface area (Å²) in [6, 6.07) is 1.99. The molecule has 1 aliphatic rings. The van der Waals surface area contributed by atoms with Crippen molar-refractivity contribution in [1.82, 2.24) is 19.7 Å². The first-order valence-electron chi connectivity index (χ1n) is 7.92. The van der Waals surface area contributed by atoms with Crippen LogP contribution in [0.1, 0.15) is 39.7 Å². The molecule has 1 aliphatic heterocycles. The lowest BCUT2D eigenvalue weighted by atomic mass is 10.1. The maximum Gasteiger partial charge on any atom is 0.410 e. The second-order valence-corrected chi connectivity index (χ2v) is 8.56. The van der Waals surface area contributed by atoms with Crippen LogP contribution in [0, 0.1) is 3.57 Å². The topological polar surface area (TPSA) is 60.2 Å². The van der Waals surface area contributed by atoms with Gasteiger partial charge in [0.1, 0.15) is 5.60 Å². The monoisotopic (exact) mass is 462 g/mol. The second-order valence-electron chi connectivity index (χ2n) is 7.01. The quantitative estimate of drug-likeness (QED) is 0.594.